The molecule has 5 nitrogen and oxygen atoms in total. The number of hydrogen-bond donors (Lipinski definition) is 1. The van der Waals surface area contributed by atoms with Crippen LogP contribution in [0.3, 0.4) is 0 Å². The SMILES string of the molecule is COC(=O)C(C)CN(C)C(=O)c1cc(F)c(F)cc1N. The number of carbonyl (C=O) groups excluding carboxylic acids is 2. The quantitative estimate of drug-likeness (QED) is 0.671. The molecule has 1 aromatic rings. The second kappa shape index (κ2) is 6.31. The van der Waals surface area contributed by atoms with Crippen LogP contribution in [0.25, 0.3) is 0 Å². The molecule has 1 rings (SSSR count). The van der Waals surface area contributed by atoms with E-state index in [1.54, 1.807) is 6.92 Å². The van der Waals surface area contributed by atoms with Crippen molar-refractivity contribution in [3.05, 3.63) is 29.3 Å². The molecular weight excluding hydrogens is 270 g/mol. The van der Waals surface area contributed by atoms with Gasteiger partial charge in [0.2, 0.25) is 0 Å². The van der Waals surface area contributed by atoms with Crippen molar-refractivity contribution in [2.45, 2.75) is 6.92 Å². The Morgan fingerprint density at radius 2 is 1.90 bits per heavy atom. The molecule has 0 heterocycles. The smallest absolute Gasteiger partial charge is 0.310 e. The first-order valence-corrected chi connectivity index (χ1v) is 5.85. The van der Waals surface area contributed by atoms with Crippen LogP contribution in [0, 0.1) is 17.6 Å². The van der Waals surface area contributed by atoms with Gasteiger partial charge in [-0.15, -0.1) is 0 Å². The molecule has 20 heavy (non-hydrogen) atoms. The van der Waals surface area contributed by atoms with Gasteiger partial charge in [0.25, 0.3) is 5.91 Å². The number of esters is 1. The van der Waals surface area contributed by atoms with Crippen LogP contribution in [0.1, 0.15) is 17.3 Å². The van der Waals surface area contributed by atoms with Crippen molar-refractivity contribution in [2.24, 2.45) is 5.92 Å². The second-order valence-corrected chi connectivity index (χ2v) is 4.46. The van der Waals surface area contributed by atoms with Crippen LogP contribution in [0.15, 0.2) is 12.1 Å². The molecule has 2 N–H and O–H groups in total. The maximum absolute atomic E-state index is 13.2. The standard InChI is InChI=1S/C13H16F2N2O3/c1-7(13(19)20-3)6-17(2)12(18)8-4-9(14)10(15)5-11(8)16/h4-5,7H,6,16H2,1-3H3. The molecule has 0 aliphatic carbocycles. The Kier molecular flexibility index (Phi) is 5.01. The van der Waals surface area contributed by atoms with Gasteiger partial charge in [-0.2, -0.15) is 0 Å². The summed E-state index contributed by atoms with van der Waals surface area (Å²) in [5, 5.41) is 0. The minimum atomic E-state index is -1.16. The van der Waals surface area contributed by atoms with Gasteiger partial charge in [-0.3, -0.25) is 9.59 Å². The summed E-state index contributed by atoms with van der Waals surface area (Å²) in [6.45, 7) is 1.66. The Hall–Kier alpha value is -2.18. The lowest BCUT2D eigenvalue weighted by atomic mass is 10.1. The summed E-state index contributed by atoms with van der Waals surface area (Å²) in [7, 11) is 2.68. The van der Waals surface area contributed by atoms with Gasteiger partial charge in [0.05, 0.1) is 18.6 Å². The Bertz CT molecular complexity index is 535. The van der Waals surface area contributed by atoms with E-state index >= 15 is 0 Å². The Balaban J connectivity index is 2.90. The number of nitrogens with zero attached hydrogens (tertiary/aromatic N) is 1. The molecule has 0 fully saturated rings. The molecule has 110 valence electrons. The highest BCUT2D eigenvalue weighted by Crippen LogP contribution is 2.19. The lowest BCUT2D eigenvalue weighted by Crippen LogP contribution is -2.34. The molecule has 1 unspecified atom stereocenters. The number of rotatable bonds is 4. The van der Waals surface area contributed by atoms with Gasteiger partial charge >= 0.3 is 5.97 Å². The van der Waals surface area contributed by atoms with E-state index in [-0.39, 0.29) is 17.8 Å². The molecule has 1 amide bonds. The van der Waals surface area contributed by atoms with Gasteiger partial charge < -0.3 is 15.4 Å². The number of methoxy groups -OCH3 is 1. The fourth-order valence-corrected chi connectivity index (χ4v) is 1.72. The fourth-order valence-electron chi connectivity index (χ4n) is 1.72. The zero-order valence-corrected chi connectivity index (χ0v) is 11.4. The number of nitrogens with two attached hydrogens (primary N) is 1. The number of anilines is 1. The predicted octanol–water partition coefficient (Wildman–Crippen LogP) is 1.43. The van der Waals surface area contributed by atoms with Crippen molar-refractivity contribution in [3.8, 4) is 0 Å². The summed E-state index contributed by atoms with van der Waals surface area (Å²) in [5.41, 5.74) is 5.19. The molecule has 0 saturated heterocycles. The summed E-state index contributed by atoms with van der Waals surface area (Å²) in [4.78, 5) is 24.6. The lowest BCUT2D eigenvalue weighted by molar-refractivity contribution is -0.145. The molecule has 0 aliphatic rings. The van der Waals surface area contributed by atoms with Gasteiger partial charge in [-0.1, -0.05) is 6.92 Å². The van der Waals surface area contributed by atoms with Crippen molar-refractivity contribution in [3.63, 3.8) is 0 Å². The molecule has 0 saturated carbocycles. The van der Waals surface area contributed by atoms with Crippen LogP contribution in [-0.4, -0.2) is 37.5 Å². The van der Waals surface area contributed by atoms with E-state index in [2.05, 4.69) is 4.74 Å². The number of carbonyl (C=O) groups is 2. The largest absolute Gasteiger partial charge is 0.469 e. The van der Waals surface area contributed by atoms with Gasteiger partial charge in [0.1, 0.15) is 0 Å². The van der Waals surface area contributed by atoms with E-state index in [4.69, 9.17) is 5.73 Å². The van der Waals surface area contributed by atoms with E-state index in [1.807, 2.05) is 0 Å². The van der Waals surface area contributed by atoms with Crippen LogP contribution >= 0.6 is 0 Å². The zero-order valence-electron chi connectivity index (χ0n) is 11.4. The third kappa shape index (κ3) is 3.43. The van der Waals surface area contributed by atoms with E-state index < -0.39 is 29.4 Å². The zero-order chi connectivity index (χ0) is 15.4. The lowest BCUT2D eigenvalue weighted by Gasteiger charge is -2.21. The van der Waals surface area contributed by atoms with Crippen LogP contribution in [0.2, 0.25) is 0 Å². The minimum absolute atomic E-state index is 0.0734. The predicted molar refractivity (Wildman–Crippen MR) is 68.9 cm³/mol. The van der Waals surface area contributed by atoms with E-state index in [9.17, 15) is 18.4 Å². The maximum atomic E-state index is 13.2. The summed E-state index contributed by atoms with van der Waals surface area (Å²) in [6.07, 6.45) is 0. The minimum Gasteiger partial charge on any atom is -0.469 e. The average molecular weight is 286 g/mol. The van der Waals surface area contributed by atoms with Crippen LogP contribution < -0.4 is 5.73 Å². The highest BCUT2D eigenvalue weighted by molar-refractivity contribution is 5.99. The highest BCUT2D eigenvalue weighted by atomic mass is 19.2. The third-order valence-corrected chi connectivity index (χ3v) is 2.82. The van der Waals surface area contributed by atoms with E-state index in [1.165, 1.54) is 19.1 Å². The molecule has 1 aromatic carbocycles. The molecule has 7 heteroatoms. The van der Waals surface area contributed by atoms with Crippen LogP contribution in [0.4, 0.5) is 14.5 Å². The summed E-state index contributed by atoms with van der Waals surface area (Å²) >= 11 is 0. The fraction of sp³-hybridized carbons (Fsp3) is 0.385. The number of hydrogen-bond acceptors (Lipinski definition) is 4. The number of ether oxygens (including phenoxy) is 1. The summed E-state index contributed by atoms with van der Waals surface area (Å²) < 4.78 is 30.6. The average Bonchev–Trinajstić information content (AvgIpc) is 2.40. The monoisotopic (exact) mass is 286 g/mol. The first-order valence-electron chi connectivity index (χ1n) is 5.85. The van der Waals surface area contributed by atoms with E-state index in [0.29, 0.717) is 0 Å². The van der Waals surface area contributed by atoms with Crippen molar-refractivity contribution >= 4 is 17.6 Å². The summed E-state index contributed by atoms with van der Waals surface area (Å²) in [6, 6.07) is 1.49. The maximum Gasteiger partial charge on any atom is 0.310 e. The number of benzene rings is 1. The van der Waals surface area contributed by atoms with Gasteiger partial charge in [-0.05, 0) is 6.07 Å². The van der Waals surface area contributed by atoms with Gasteiger partial charge in [-0.25, -0.2) is 8.78 Å². The van der Waals surface area contributed by atoms with Crippen molar-refractivity contribution < 1.29 is 23.1 Å². The highest BCUT2D eigenvalue weighted by Gasteiger charge is 2.22. The van der Waals surface area contributed by atoms with Crippen LogP contribution in [0.5, 0.6) is 0 Å². The van der Waals surface area contributed by atoms with E-state index in [0.717, 1.165) is 12.1 Å². The molecule has 0 aliphatic heterocycles. The van der Waals surface area contributed by atoms with Crippen molar-refractivity contribution in [1.82, 2.24) is 4.90 Å². The van der Waals surface area contributed by atoms with Gasteiger partial charge in [0, 0.05) is 25.3 Å². The molecule has 0 spiro atoms. The number of amides is 1. The molecular formula is C13H16F2N2O3. The summed E-state index contributed by atoms with van der Waals surface area (Å²) in [5.74, 6) is -3.89. The van der Waals surface area contributed by atoms with Crippen molar-refractivity contribution in [2.75, 3.05) is 26.4 Å². The first kappa shape index (κ1) is 15.9. The van der Waals surface area contributed by atoms with Gasteiger partial charge in [0.15, 0.2) is 11.6 Å². The topological polar surface area (TPSA) is 72.6 Å². The second-order valence-electron chi connectivity index (χ2n) is 4.46. The normalized spacial score (nSPS) is 11.8. The first-order chi connectivity index (χ1) is 9.27. The molecule has 0 bridgehead atoms. The Morgan fingerprint density at radius 1 is 1.35 bits per heavy atom. The molecule has 0 radical (unpaired) electrons. The molecule has 1 atom stereocenters. The number of nitrogen functional groups attached to an aromatic ring is 1. The Labute approximate surface area is 115 Å². The third-order valence-electron chi connectivity index (χ3n) is 2.82. The number of halogens is 2. The molecule has 0 aromatic heterocycles. The Morgan fingerprint density at radius 3 is 2.45 bits per heavy atom. The van der Waals surface area contributed by atoms with Crippen molar-refractivity contribution in [1.29, 1.82) is 0 Å². The van der Waals surface area contributed by atoms with Crippen LogP contribution in [-0.2, 0) is 9.53 Å².